The summed E-state index contributed by atoms with van der Waals surface area (Å²) in [5, 5.41) is 0. The normalized spacial score (nSPS) is 10.6. The average molecular weight is 265 g/mol. The molecule has 1 heterocycles. The molecule has 0 bridgehead atoms. The Balaban J connectivity index is 3.31. The topological polar surface area (TPSA) is 56.0 Å². The number of hydrogen-bond donors (Lipinski definition) is 1. The fraction of sp³-hybridized carbons (Fsp3) is 0.250. The number of pyridine rings is 1. The third-order valence-electron chi connectivity index (χ3n) is 1.68. The second-order valence-electron chi connectivity index (χ2n) is 2.53. The minimum absolute atomic E-state index is 0.0227. The Morgan fingerprint density at radius 3 is 2.71 bits per heavy atom. The average Bonchev–Trinajstić information content (AvgIpc) is 2.16. The molecule has 0 saturated carbocycles. The van der Waals surface area contributed by atoms with E-state index in [1.165, 1.54) is 0 Å². The zero-order valence-electron chi connectivity index (χ0n) is 7.01. The van der Waals surface area contributed by atoms with Crippen molar-refractivity contribution in [3.63, 3.8) is 0 Å². The second kappa shape index (κ2) is 4.56. The summed E-state index contributed by atoms with van der Waals surface area (Å²) in [4.78, 5) is 14.1. The molecule has 76 valence electrons. The first-order valence-electron chi connectivity index (χ1n) is 3.72. The molecule has 3 nitrogen and oxygen atoms in total. The van der Waals surface area contributed by atoms with Crippen LogP contribution in [0.15, 0.2) is 10.7 Å². The Kier molecular flexibility index (Phi) is 3.65. The predicted octanol–water partition coefficient (Wildman–Crippen LogP) is 2.05. The standard InChI is InChI=1S/C8H7BrF2N2O/c9-7-5(3-14)4(2-12)1-6(13-7)8(10)11/h1,3,8H,2,12H2. The van der Waals surface area contributed by atoms with E-state index in [9.17, 15) is 13.6 Å². The molecule has 0 aliphatic rings. The van der Waals surface area contributed by atoms with Crippen molar-refractivity contribution >= 4 is 22.2 Å². The highest BCUT2D eigenvalue weighted by Crippen LogP contribution is 2.23. The Morgan fingerprint density at radius 1 is 1.64 bits per heavy atom. The molecule has 6 heteroatoms. The van der Waals surface area contributed by atoms with E-state index in [-0.39, 0.29) is 22.4 Å². The van der Waals surface area contributed by atoms with Crippen LogP contribution in [0.25, 0.3) is 0 Å². The number of carbonyl (C=O) groups is 1. The van der Waals surface area contributed by atoms with E-state index in [0.717, 1.165) is 6.07 Å². The summed E-state index contributed by atoms with van der Waals surface area (Å²) in [7, 11) is 0. The molecule has 14 heavy (non-hydrogen) atoms. The van der Waals surface area contributed by atoms with Gasteiger partial charge in [0.25, 0.3) is 6.43 Å². The van der Waals surface area contributed by atoms with E-state index < -0.39 is 6.43 Å². The Bertz CT molecular complexity index is 357. The largest absolute Gasteiger partial charge is 0.326 e. The van der Waals surface area contributed by atoms with Gasteiger partial charge in [0.1, 0.15) is 10.3 Å². The number of carbonyl (C=O) groups excluding carboxylic acids is 1. The Morgan fingerprint density at radius 2 is 2.29 bits per heavy atom. The van der Waals surface area contributed by atoms with Gasteiger partial charge >= 0.3 is 0 Å². The van der Waals surface area contributed by atoms with Gasteiger partial charge in [-0.25, -0.2) is 13.8 Å². The molecule has 0 unspecified atom stereocenters. The summed E-state index contributed by atoms with van der Waals surface area (Å²) in [5.41, 5.74) is 5.50. The van der Waals surface area contributed by atoms with Gasteiger partial charge in [-0.15, -0.1) is 0 Å². The van der Waals surface area contributed by atoms with Crippen molar-refractivity contribution in [3.8, 4) is 0 Å². The highest BCUT2D eigenvalue weighted by atomic mass is 79.9. The van der Waals surface area contributed by atoms with E-state index in [2.05, 4.69) is 20.9 Å². The van der Waals surface area contributed by atoms with Crippen LogP contribution in [0.4, 0.5) is 8.78 Å². The number of aromatic nitrogens is 1. The maximum absolute atomic E-state index is 12.3. The minimum atomic E-state index is -2.67. The number of rotatable bonds is 3. The lowest BCUT2D eigenvalue weighted by molar-refractivity contribution is 0.112. The van der Waals surface area contributed by atoms with Crippen LogP contribution in [0.3, 0.4) is 0 Å². The van der Waals surface area contributed by atoms with E-state index in [0.29, 0.717) is 11.8 Å². The number of aldehydes is 1. The third kappa shape index (κ3) is 2.13. The van der Waals surface area contributed by atoms with Gasteiger partial charge in [0, 0.05) is 6.54 Å². The Labute approximate surface area is 87.4 Å². The number of hydrogen-bond acceptors (Lipinski definition) is 3. The maximum Gasteiger partial charge on any atom is 0.280 e. The third-order valence-corrected chi connectivity index (χ3v) is 2.28. The van der Waals surface area contributed by atoms with E-state index in [4.69, 9.17) is 5.73 Å². The zero-order chi connectivity index (χ0) is 10.7. The van der Waals surface area contributed by atoms with Crippen LogP contribution in [0.1, 0.15) is 28.0 Å². The molecule has 1 aromatic rings. The molecule has 0 aliphatic carbocycles. The number of halogens is 3. The highest BCUT2D eigenvalue weighted by molar-refractivity contribution is 9.10. The van der Waals surface area contributed by atoms with Crippen molar-refractivity contribution in [3.05, 3.63) is 27.5 Å². The van der Waals surface area contributed by atoms with Crippen molar-refractivity contribution in [1.29, 1.82) is 0 Å². The van der Waals surface area contributed by atoms with Crippen LogP contribution < -0.4 is 5.73 Å². The van der Waals surface area contributed by atoms with Crippen LogP contribution >= 0.6 is 15.9 Å². The summed E-state index contributed by atoms with van der Waals surface area (Å²) in [5.74, 6) is 0. The zero-order valence-corrected chi connectivity index (χ0v) is 8.59. The molecule has 0 amide bonds. The number of nitrogens with two attached hydrogens (primary N) is 1. The molecule has 2 N–H and O–H groups in total. The summed E-state index contributed by atoms with van der Waals surface area (Å²) in [6.07, 6.45) is -2.13. The lowest BCUT2D eigenvalue weighted by Gasteiger charge is -2.06. The van der Waals surface area contributed by atoms with Gasteiger partial charge in [-0.2, -0.15) is 0 Å². The quantitative estimate of drug-likeness (QED) is 0.672. The molecule has 0 spiro atoms. The molecule has 0 fully saturated rings. The number of nitrogens with zero attached hydrogens (tertiary/aromatic N) is 1. The van der Waals surface area contributed by atoms with Gasteiger partial charge in [0.15, 0.2) is 6.29 Å². The van der Waals surface area contributed by atoms with Crippen molar-refractivity contribution in [2.24, 2.45) is 5.73 Å². The van der Waals surface area contributed by atoms with Crippen LogP contribution in [0, 0.1) is 0 Å². The van der Waals surface area contributed by atoms with Gasteiger partial charge in [0.2, 0.25) is 0 Å². The van der Waals surface area contributed by atoms with E-state index in [1.807, 2.05) is 0 Å². The molecule has 1 rings (SSSR count). The van der Waals surface area contributed by atoms with Crippen molar-refractivity contribution < 1.29 is 13.6 Å². The lowest BCUT2D eigenvalue weighted by atomic mass is 10.1. The molecular weight excluding hydrogens is 258 g/mol. The fourth-order valence-electron chi connectivity index (χ4n) is 1.000. The second-order valence-corrected chi connectivity index (χ2v) is 3.28. The summed E-state index contributed by atoms with van der Waals surface area (Å²) in [6.45, 7) is 0.0227. The van der Waals surface area contributed by atoms with Crippen molar-refractivity contribution in [2.45, 2.75) is 13.0 Å². The molecular formula is C8H7BrF2N2O. The molecule has 1 aromatic heterocycles. The van der Waals surface area contributed by atoms with E-state index >= 15 is 0 Å². The molecule has 0 saturated heterocycles. The Hall–Kier alpha value is -0.880. The fourth-order valence-corrected chi connectivity index (χ4v) is 1.55. The van der Waals surface area contributed by atoms with Gasteiger partial charge < -0.3 is 5.73 Å². The molecule has 0 aromatic carbocycles. The van der Waals surface area contributed by atoms with Crippen molar-refractivity contribution in [2.75, 3.05) is 0 Å². The van der Waals surface area contributed by atoms with Crippen LogP contribution in [0.2, 0.25) is 0 Å². The van der Waals surface area contributed by atoms with Gasteiger partial charge in [-0.05, 0) is 27.6 Å². The van der Waals surface area contributed by atoms with Gasteiger partial charge in [0.05, 0.1) is 5.56 Å². The minimum Gasteiger partial charge on any atom is -0.326 e. The monoisotopic (exact) mass is 264 g/mol. The predicted molar refractivity (Wildman–Crippen MR) is 50.2 cm³/mol. The van der Waals surface area contributed by atoms with Gasteiger partial charge in [-0.3, -0.25) is 4.79 Å². The SMILES string of the molecule is NCc1cc(C(F)F)nc(Br)c1C=O. The summed E-state index contributed by atoms with van der Waals surface area (Å²) < 4.78 is 24.7. The summed E-state index contributed by atoms with van der Waals surface area (Å²) >= 11 is 2.94. The molecule has 0 radical (unpaired) electrons. The van der Waals surface area contributed by atoms with Crippen molar-refractivity contribution in [1.82, 2.24) is 4.98 Å². The first-order chi connectivity index (χ1) is 6.60. The number of alkyl halides is 2. The van der Waals surface area contributed by atoms with Crippen LogP contribution in [-0.4, -0.2) is 11.3 Å². The van der Waals surface area contributed by atoms with Crippen LogP contribution in [0.5, 0.6) is 0 Å². The maximum atomic E-state index is 12.3. The lowest BCUT2D eigenvalue weighted by Crippen LogP contribution is -2.05. The molecule has 0 aliphatic heterocycles. The van der Waals surface area contributed by atoms with E-state index in [1.54, 1.807) is 0 Å². The molecule has 0 atom stereocenters. The summed E-state index contributed by atoms with van der Waals surface area (Å²) in [6, 6.07) is 1.14. The highest BCUT2D eigenvalue weighted by Gasteiger charge is 2.14. The van der Waals surface area contributed by atoms with Crippen LogP contribution in [-0.2, 0) is 6.54 Å². The van der Waals surface area contributed by atoms with Gasteiger partial charge in [-0.1, -0.05) is 0 Å². The smallest absolute Gasteiger partial charge is 0.280 e. The first-order valence-corrected chi connectivity index (χ1v) is 4.52. The first kappa shape index (κ1) is 11.2.